The number of sulfone groups is 1. The second-order valence-electron chi connectivity index (χ2n) is 2.75. The SMILES string of the molecule is [CH2]c1ccc(S(C)(=O)=O)cc1OC. The summed E-state index contributed by atoms with van der Waals surface area (Å²) in [5.41, 5.74) is 0.676. The Kier molecular flexibility index (Phi) is 2.61. The third-order valence-electron chi connectivity index (χ3n) is 1.69. The van der Waals surface area contributed by atoms with Crippen LogP contribution >= 0.6 is 0 Å². The van der Waals surface area contributed by atoms with Crippen molar-refractivity contribution in [1.29, 1.82) is 0 Å². The van der Waals surface area contributed by atoms with Gasteiger partial charge in [-0.05, 0) is 24.6 Å². The van der Waals surface area contributed by atoms with E-state index in [-0.39, 0.29) is 4.90 Å². The molecule has 0 amide bonds. The monoisotopic (exact) mass is 199 g/mol. The predicted molar refractivity (Wildman–Crippen MR) is 50.6 cm³/mol. The van der Waals surface area contributed by atoms with Gasteiger partial charge in [0.25, 0.3) is 0 Å². The molecule has 0 atom stereocenters. The van der Waals surface area contributed by atoms with Crippen LogP contribution < -0.4 is 4.74 Å². The maximum absolute atomic E-state index is 11.1. The van der Waals surface area contributed by atoms with Crippen molar-refractivity contribution in [2.24, 2.45) is 0 Å². The molecule has 13 heavy (non-hydrogen) atoms. The van der Waals surface area contributed by atoms with Gasteiger partial charge in [-0.2, -0.15) is 0 Å². The molecular weight excluding hydrogens is 188 g/mol. The molecule has 4 heteroatoms. The van der Waals surface area contributed by atoms with Crippen LogP contribution in [0, 0.1) is 6.92 Å². The standard InChI is InChI=1S/C9H11O3S/c1-7-4-5-8(13(3,10)11)6-9(7)12-2/h4-6H,1H2,2-3H3. The average molecular weight is 199 g/mol. The van der Waals surface area contributed by atoms with Crippen molar-refractivity contribution in [1.82, 2.24) is 0 Å². The van der Waals surface area contributed by atoms with E-state index in [1.807, 2.05) is 0 Å². The number of methoxy groups -OCH3 is 1. The zero-order chi connectivity index (χ0) is 10.1. The molecule has 71 valence electrons. The summed E-state index contributed by atoms with van der Waals surface area (Å²) in [6.07, 6.45) is 1.16. The fourth-order valence-electron chi connectivity index (χ4n) is 0.956. The summed E-state index contributed by atoms with van der Waals surface area (Å²) in [5, 5.41) is 0. The largest absolute Gasteiger partial charge is 0.496 e. The average Bonchev–Trinajstić information content (AvgIpc) is 2.03. The molecule has 1 radical (unpaired) electrons. The van der Waals surface area contributed by atoms with Crippen molar-refractivity contribution in [3.8, 4) is 5.75 Å². The molecule has 0 saturated heterocycles. The van der Waals surface area contributed by atoms with Gasteiger partial charge in [-0.3, -0.25) is 0 Å². The third kappa shape index (κ3) is 2.21. The van der Waals surface area contributed by atoms with Gasteiger partial charge in [0, 0.05) is 6.26 Å². The fraction of sp³-hybridized carbons (Fsp3) is 0.222. The topological polar surface area (TPSA) is 43.4 Å². The van der Waals surface area contributed by atoms with E-state index < -0.39 is 9.84 Å². The smallest absolute Gasteiger partial charge is 0.175 e. The predicted octanol–water partition coefficient (Wildman–Crippen LogP) is 1.28. The summed E-state index contributed by atoms with van der Waals surface area (Å²) < 4.78 is 27.2. The first-order chi connectivity index (χ1) is 5.95. The van der Waals surface area contributed by atoms with Crippen molar-refractivity contribution in [2.45, 2.75) is 4.90 Å². The molecule has 1 aromatic carbocycles. The maximum Gasteiger partial charge on any atom is 0.175 e. The molecule has 1 rings (SSSR count). The summed E-state index contributed by atoms with van der Waals surface area (Å²) >= 11 is 0. The lowest BCUT2D eigenvalue weighted by Crippen LogP contribution is -1.98. The zero-order valence-corrected chi connectivity index (χ0v) is 8.39. The summed E-state index contributed by atoms with van der Waals surface area (Å²) in [4.78, 5) is 0.247. The third-order valence-corrected chi connectivity index (χ3v) is 2.80. The second-order valence-corrected chi connectivity index (χ2v) is 4.76. The molecule has 0 aliphatic carbocycles. The van der Waals surface area contributed by atoms with Crippen LogP contribution in [0.25, 0.3) is 0 Å². The van der Waals surface area contributed by atoms with Gasteiger partial charge >= 0.3 is 0 Å². The minimum atomic E-state index is -3.16. The Hall–Kier alpha value is -1.03. The van der Waals surface area contributed by atoms with Crippen LogP contribution in [0.3, 0.4) is 0 Å². The van der Waals surface area contributed by atoms with E-state index in [1.165, 1.54) is 19.2 Å². The number of benzene rings is 1. The van der Waals surface area contributed by atoms with Gasteiger partial charge in [0.1, 0.15) is 5.75 Å². The Labute approximate surface area is 78.3 Å². The lowest BCUT2D eigenvalue weighted by Gasteiger charge is -2.05. The summed E-state index contributed by atoms with van der Waals surface area (Å²) in [6, 6.07) is 4.60. The van der Waals surface area contributed by atoms with Crippen molar-refractivity contribution < 1.29 is 13.2 Å². The van der Waals surface area contributed by atoms with E-state index in [0.29, 0.717) is 11.3 Å². The normalized spacial score (nSPS) is 11.3. The quantitative estimate of drug-likeness (QED) is 0.720. The summed E-state index contributed by atoms with van der Waals surface area (Å²) in [7, 11) is -1.68. The Morgan fingerprint density at radius 3 is 2.46 bits per heavy atom. The Morgan fingerprint density at radius 1 is 1.38 bits per heavy atom. The molecule has 0 bridgehead atoms. The molecular formula is C9H11O3S. The van der Waals surface area contributed by atoms with E-state index in [0.717, 1.165) is 6.26 Å². The van der Waals surface area contributed by atoms with Crippen LogP contribution in [0.2, 0.25) is 0 Å². The Balaban J connectivity index is 3.30. The number of hydrogen-bond donors (Lipinski definition) is 0. The van der Waals surface area contributed by atoms with Gasteiger partial charge in [0.05, 0.1) is 12.0 Å². The van der Waals surface area contributed by atoms with Crippen molar-refractivity contribution >= 4 is 9.84 Å². The molecule has 0 spiro atoms. The fourth-order valence-corrected chi connectivity index (χ4v) is 1.59. The summed E-state index contributed by atoms with van der Waals surface area (Å²) in [5.74, 6) is 0.489. The van der Waals surface area contributed by atoms with E-state index in [9.17, 15) is 8.42 Å². The first-order valence-electron chi connectivity index (χ1n) is 3.65. The first-order valence-corrected chi connectivity index (χ1v) is 5.54. The molecule has 0 N–H and O–H groups in total. The zero-order valence-electron chi connectivity index (χ0n) is 7.57. The molecule has 0 aliphatic heterocycles. The lowest BCUT2D eigenvalue weighted by molar-refractivity contribution is 0.411. The van der Waals surface area contributed by atoms with Crippen LogP contribution in [0.15, 0.2) is 23.1 Å². The molecule has 0 unspecified atom stereocenters. The van der Waals surface area contributed by atoms with Crippen LogP contribution in [0.1, 0.15) is 5.56 Å². The minimum Gasteiger partial charge on any atom is -0.496 e. The van der Waals surface area contributed by atoms with Gasteiger partial charge in [-0.15, -0.1) is 0 Å². The molecule has 0 heterocycles. The van der Waals surface area contributed by atoms with Gasteiger partial charge in [-0.25, -0.2) is 8.42 Å². The first kappa shape index (κ1) is 10.1. The van der Waals surface area contributed by atoms with Gasteiger partial charge in [0.15, 0.2) is 9.84 Å². The number of hydrogen-bond acceptors (Lipinski definition) is 3. The van der Waals surface area contributed by atoms with Crippen LogP contribution in [-0.4, -0.2) is 21.8 Å². The van der Waals surface area contributed by atoms with E-state index >= 15 is 0 Å². The molecule has 0 saturated carbocycles. The van der Waals surface area contributed by atoms with Crippen LogP contribution in [0.4, 0.5) is 0 Å². The van der Waals surface area contributed by atoms with Crippen molar-refractivity contribution in [3.63, 3.8) is 0 Å². The molecule has 0 aliphatic rings. The van der Waals surface area contributed by atoms with Crippen LogP contribution in [-0.2, 0) is 9.84 Å². The van der Waals surface area contributed by atoms with Crippen molar-refractivity contribution in [3.05, 3.63) is 30.7 Å². The molecule has 3 nitrogen and oxygen atoms in total. The summed E-state index contributed by atoms with van der Waals surface area (Å²) in [6.45, 7) is 3.69. The highest BCUT2D eigenvalue weighted by Gasteiger charge is 2.09. The number of rotatable bonds is 2. The molecule has 1 aromatic rings. The van der Waals surface area contributed by atoms with Crippen molar-refractivity contribution in [2.75, 3.05) is 13.4 Å². The van der Waals surface area contributed by atoms with E-state index in [1.54, 1.807) is 6.07 Å². The highest BCUT2D eigenvalue weighted by Crippen LogP contribution is 2.21. The van der Waals surface area contributed by atoms with E-state index in [4.69, 9.17) is 4.74 Å². The highest BCUT2D eigenvalue weighted by molar-refractivity contribution is 7.90. The highest BCUT2D eigenvalue weighted by atomic mass is 32.2. The molecule has 0 aromatic heterocycles. The Bertz CT molecular complexity index is 407. The van der Waals surface area contributed by atoms with Gasteiger partial charge in [-0.1, -0.05) is 6.07 Å². The van der Waals surface area contributed by atoms with Crippen LogP contribution in [0.5, 0.6) is 5.75 Å². The van der Waals surface area contributed by atoms with Gasteiger partial charge in [0.2, 0.25) is 0 Å². The second kappa shape index (κ2) is 3.38. The maximum atomic E-state index is 11.1. The van der Waals surface area contributed by atoms with E-state index in [2.05, 4.69) is 6.92 Å². The molecule has 0 fully saturated rings. The minimum absolute atomic E-state index is 0.247. The lowest BCUT2D eigenvalue weighted by atomic mass is 10.2. The van der Waals surface area contributed by atoms with Gasteiger partial charge < -0.3 is 4.74 Å². The Morgan fingerprint density at radius 2 is 2.00 bits per heavy atom. The number of ether oxygens (including phenoxy) is 1.